The molecular weight excluding hydrogens is 212 g/mol. The lowest BCUT2D eigenvalue weighted by Crippen LogP contribution is -2.42. The zero-order valence-electron chi connectivity index (χ0n) is 10.7. The summed E-state index contributed by atoms with van der Waals surface area (Å²) in [6, 6.07) is 9.78. The van der Waals surface area contributed by atoms with Crippen LogP contribution in [-0.4, -0.2) is 25.0 Å². The Bertz CT molecular complexity index is 400. The molecule has 0 saturated carbocycles. The highest BCUT2D eigenvalue weighted by atomic mass is 16.2. The van der Waals surface area contributed by atoms with Crippen LogP contribution in [0.2, 0.25) is 0 Å². The van der Waals surface area contributed by atoms with E-state index in [9.17, 15) is 4.79 Å². The first-order valence-electron chi connectivity index (χ1n) is 6.09. The fourth-order valence-electron chi connectivity index (χ4n) is 2.14. The Morgan fingerprint density at radius 1 is 1.29 bits per heavy atom. The molecule has 0 aliphatic carbocycles. The van der Waals surface area contributed by atoms with Crippen LogP contribution in [0.25, 0.3) is 0 Å². The number of nitrogens with zero attached hydrogens (tertiary/aromatic N) is 1. The van der Waals surface area contributed by atoms with E-state index in [4.69, 9.17) is 0 Å². The van der Waals surface area contributed by atoms with E-state index >= 15 is 0 Å². The van der Waals surface area contributed by atoms with Crippen LogP contribution in [0.15, 0.2) is 30.3 Å². The summed E-state index contributed by atoms with van der Waals surface area (Å²) >= 11 is 0. The van der Waals surface area contributed by atoms with Crippen molar-refractivity contribution in [3.63, 3.8) is 0 Å². The van der Waals surface area contributed by atoms with Gasteiger partial charge in [-0.05, 0) is 24.5 Å². The number of nitrogens with one attached hydrogen (secondary N) is 1. The number of hydrogen-bond donors (Lipinski definition) is 1. The molecule has 1 fully saturated rings. The van der Waals surface area contributed by atoms with Crippen molar-refractivity contribution in [3.05, 3.63) is 30.3 Å². The van der Waals surface area contributed by atoms with Gasteiger partial charge in [-0.25, -0.2) is 0 Å². The maximum atomic E-state index is 12.3. The topological polar surface area (TPSA) is 32.3 Å². The zero-order chi connectivity index (χ0) is 12.5. The van der Waals surface area contributed by atoms with Gasteiger partial charge in [-0.1, -0.05) is 32.0 Å². The summed E-state index contributed by atoms with van der Waals surface area (Å²) in [7, 11) is 0. The van der Waals surface area contributed by atoms with Crippen molar-refractivity contribution >= 4 is 11.6 Å². The molecule has 0 aromatic heterocycles. The van der Waals surface area contributed by atoms with Gasteiger partial charge in [-0.15, -0.1) is 0 Å². The minimum absolute atomic E-state index is 0.0935. The summed E-state index contributed by atoms with van der Waals surface area (Å²) in [6.07, 6.45) is 0. The maximum absolute atomic E-state index is 12.3. The van der Waals surface area contributed by atoms with Gasteiger partial charge in [0.05, 0.1) is 6.04 Å². The summed E-state index contributed by atoms with van der Waals surface area (Å²) < 4.78 is 0. The van der Waals surface area contributed by atoms with Crippen LogP contribution in [0.5, 0.6) is 0 Å². The predicted octanol–water partition coefficient (Wildman–Crippen LogP) is 2.04. The molecule has 2 rings (SSSR count). The second kappa shape index (κ2) is 4.49. The molecular formula is C14H20N2O. The number of para-hydroxylation sites is 1. The van der Waals surface area contributed by atoms with Gasteiger partial charge in [0.25, 0.3) is 0 Å². The molecule has 3 nitrogen and oxygen atoms in total. The van der Waals surface area contributed by atoms with E-state index in [0.717, 1.165) is 18.8 Å². The average molecular weight is 232 g/mol. The third-order valence-electron chi connectivity index (χ3n) is 3.18. The number of carbonyl (C=O) groups is 1. The van der Waals surface area contributed by atoms with Crippen molar-refractivity contribution in [3.8, 4) is 0 Å². The van der Waals surface area contributed by atoms with E-state index in [1.54, 1.807) is 0 Å². The molecule has 0 radical (unpaired) electrons. The summed E-state index contributed by atoms with van der Waals surface area (Å²) in [5.41, 5.74) is 1.08. The molecule has 1 amide bonds. The number of hydrogen-bond acceptors (Lipinski definition) is 2. The van der Waals surface area contributed by atoms with Crippen molar-refractivity contribution < 1.29 is 4.79 Å². The van der Waals surface area contributed by atoms with E-state index in [1.807, 2.05) is 42.2 Å². The molecule has 1 aliphatic heterocycles. The van der Waals surface area contributed by atoms with Crippen LogP contribution in [0.4, 0.5) is 5.69 Å². The molecule has 3 heteroatoms. The fraction of sp³-hybridized carbons (Fsp3) is 0.500. The summed E-state index contributed by atoms with van der Waals surface area (Å²) in [5, 5.41) is 3.29. The Hall–Kier alpha value is -1.35. The third-order valence-corrected chi connectivity index (χ3v) is 3.18. The van der Waals surface area contributed by atoms with E-state index in [1.165, 1.54) is 0 Å². The SMILES string of the molecule is CC1NCC(C)(C)CN(c2ccccc2)C1=O. The number of benzene rings is 1. The van der Waals surface area contributed by atoms with Crippen LogP contribution in [0.1, 0.15) is 20.8 Å². The van der Waals surface area contributed by atoms with Crippen molar-refractivity contribution in [1.29, 1.82) is 0 Å². The van der Waals surface area contributed by atoms with Crippen LogP contribution < -0.4 is 10.2 Å². The minimum atomic E-state index is -0.114. The Labute approximate surface area is 103 Å². The van der Waals surface area contributed by atoms with Crippen molar-refractivity contribution in [2.75, 3.05) is 18.0 Å². The van der Waals surface area contributed by atoms with Crippen molar-refractivity contribution in [1.82, 2.24) is 5.32 Å². The van der Waals surface area contributed by atoms with Crippen LogP contribution in [-0.2, 0) is 4.79 Å². The van der Waals surface area contributed by atoms with Gasteiger partial charge in [-0.2, -0.15) is 0 Å². The lowest BCUT2D eigenvalue weighted by molar-refractivity contribution is -0.119. The van der Waals surface area contributed by atoms with E-state index in [2.05, 4.69) is 19.2 Å². The highest BCUT2D eigenvalue weighted by Crippen LogP contribution is 2.24. The van der Waals surface area contributed by atoms with Crippen molar-refractivity contribution in [2.45, 2.75) is 26.8 Å². The average Bonchev–Trinajstić information content (AvgIpc) is 2.42. The monoisotopic (exact) mass is 232 g/mol. The second-order valence-electron chi connectivity index (χ2n) is 5.53. The van der Waals surface area contributed by atoms with Crippen LogP contribution in [0, 0.1) is 5.41 Å². The number of rotatable bonds is 1. The lowest BCUT2D eigenvalue weighted by atomic mass is 9.93. The van der Waals surface area contributed by atoms with Gasteiger partial charge in [0.2, 0.25) is 5.91 Å². The highest BCUT2D eigenvalue weighted by molar-refractivity contribution is 5.97. The Balaban J connectivity index is 2.32. The standard InChI is InChI=1S/C14H20N2O/c1-11-13(17)16(10-14(2,3)9-15-11)12-7-5-4-6-8-12/h4-8,11,15H,9-10H2,1-3H3. The molecule has 1 aromatic carbocycles. The smallest absolute Gasteiger partial charge is 0.243 e. The molecule has 1 aliphatic rings. The number of anilines is 1. The summed E-state index contributed by atoms with van der Waals surface area (Å²) in [5.74, 6) is 0.154. The fourth-order valence-corrected chi connectivity index (χ4v) is 2.14. The quantitative estimate of drug-likeness (QED) is 0.803. The van der Waals surface area contributed by atoms with Gasteiger partial charge in [0.15, 0.2) is 0 Å². The molecule has 1 heterocycles. The molecule has 92 valence electrons. The lowest BCUT2D eigenvalue weighted by Gasteiger charge is -2.29. The van der Waals surface area contributed by atoms with Gasteiger partial charge >= 0.3 is 0 Å². The maximum Gasteiger partial charge on any atom is 0.243 e. The van der Waals surface area contributed by atoms with E-state index in [0.29, 0.717) is 0 Å². The molecule has 0 spiro atoms. The Morgan fingerprint density at radius 2 is 1.94 bits per heavy atom. The normalized spacial score (nSPS) is 24.5. The molecule has 1 saturated heterocycles. The minimum Gasteiger partial charge on any atom is -0.311 e. The first kappa shape index (κ1) is 12.1. The van der Waals surface area contributed by atoms with Gasteiger partial charge in [-0.3, -0.25) is 4.79 Å². The Kier molecular flexibility index (Phi) is 3.20. The molecule has 1 unspecified atom stereocenters. The first-order chi connectivity index (χ1) is 7.99. The molecule has 17 heavy (non-hydrogen) atoms. The second-order valence-corrected chi connectivity index (χ2v) is 5.53. The van der Waals surface area contributed by atoms with Gasteiger partial charge in [0, 0.05) is 18.8 Å². The Morgan fingerprint density at radius 3 is 2.59 bits per heavy atom. The van der Waals surface area contributed by atoms with Crippen LogP contribution in [0.3, 0.4) is 0 Å². The first-order valence-corrected chi connectivity index (χ1v) is 6.09. The largest absolute Gasteiger partial charge is 0.311 e. The summed E-state index contributed by atoms with van der Waals surface area (Å²) in [6.45, 7) is 7.92. The van der Waals surface area contributed by atoms with Gasteiger partial charge in [0.1, 0.15) is 0 Å². The highest BCUT2D eigenvalue weighted by Gasteiger charge is 2.32. The predicted molar refractivity (Wildman–Crippen MR) is 70.0 cm³/mol. The third kappa shape index (κ3) is 2.67. The number of carbonyl (C=O) groups excluding carboxylic acids is 1. The summed E-state index contributed by atoms with van der Waals surface area (Å²) in [4.78, 5) is 14.2. The van der Waals surface area contributed by atoms with Crippen molar-refractivity contribution in [2.24, 2.45) is 5.41 Å². The zero-order valence-corrected chi connectivity index (χ0v) is 10.7. The van der Waals surface area contributed by atoms with E-state index < -0.39 is 0 Å². The van der Waals surface area contributed by atoms with Crippen LogP contribution >= 0.6 is 0 Å². The molecule has 1 atom stereocenters. The molecule has 1 aromatic rings. The number of amides is 1. The molecule has 1 N–H and O–H groups in total. The van der Waals surface area contributed by atoms with E-state index in [-0.39, 0.29) is 17.4 Å². The molecule has 0 bridgehead atoms. The van der Waals surface area contributed by atoms with Gasteiger partial charge < -0.3 is 10.2 Å².